The summed E-state index contributed by atoms with van der Waals surface area (Å²) in [5.41, 5.74) is 2.47. The molecule has 0 aliphatic carbocycles. The number of aromatic nitrogens is 3. The minimum Gasteiger partial charge on any atom is -0.492 e. The Morgan fingerprint density at radius 3 is 2.80 bits per heavy atom. The molecule has 0 bridgehead atoms. The summed E-state index contributed by atoms with van der Waals surface area (Å²) < 4.78 is 11.2. The zero-order valence-corrected chi connectivity index (χ0v) is 14.5. The van der Waals surface area contributed by atoms with Crippen LogP contribution in [0.3, 0.4) is 0 Å². The second-order valence-electron chi connectivity index (χ2n) is 5.94. The van der Waals surface area contributed by atoms with E-state index in [0.717, 1.165) is 55.5 Å². The van der Waals surface area contributed by atoms with Gasteiger partial charge in [0.25, 0.3) is 0 Å². The van der Waals surface area contributed by atoms with Gasteiger partial charge in [-0.25, -0.2) is 9.97 Å². The number of aromatic amines is 1. The highest BCUT2D eigenvalue weighted by molar-refractivity contribution is 6.31. The number of hydrogen-bond donors (Lipinski definition) is 1. The molecule has 3 aromatic rings. The molecule has 0 spiro atoms. The van der Waals surface area contributed by atoms with Gasteiger partial charge in [-0.05, 0) is 30.3 Å². The normalized spacial score (nSPS) is 15.6. The van der Waals surface area contributed by atoms with Crippen LogP contribution in [0.5, 0.6) is 5.75 Å². The van der Waals surface area contributed by atoms with E-state index in [1.165, 1.54) is 0 Å². The summed E-state index contributed by atoms with van der Waals surface area (Å²) in [5, 5.41) is 0.590. The van der Waals surface area contributed by atoms with Crippen LogP contribution in [0.2, 0.25) is 5.02 Å². The second kappa shape index (κ2) is 7.39. The van der Waals surface area contributed by atoms with Gasteiger partial charge in [0, 0.05) is 31.4 Å². The fourth-order valence-electron chi connectivity index (χ4n) is 2.84. The number of hydrogen-bond acceptors (Lipinski definition) is 5. The van der Waals surface area contributed by atoms with Gasteiger partial charge in [-0.15, -0.1) is 0 Å². The molecule has 0 radical (unpaired) electrons. The van der Waals surface area contributed by atoms with Crippen molar-refractivity contribution < 1.29 is 9.47 Å². The van der Waals surface area contributed by atoms with Crippen molar-refractivity contribution in [3.63, 3.8) is 0 Å². The van der Waals surface area contributed by atoms with Crippen LogP contribution in [0.25, 0.3) is 22.6 Å². The summed E-state index contributed by atoms with van der Waals surface area (Å²) in [4.78, 5) is 14.3. The SMILES string of the molecule is Clc1cnc2nc(-c3ccc(OCCN4CCOCC4)cc3)[nH]c2c1. The molecule has 1 aromatic carbocycles. The molecule has 25 heavy (non-hydrogen) atoms. The summed E-state index contributed by atoms with van der Waals surface area (Å²) in [6.45, 7) is 5.17. The first-order valence-corrected chi connectivity index (χ1v) is 8.70. The molecule has 1 aliphatic heterocycles. The van der Waals surface area contributed by atoms with Crippen LogP contribution in [-0.4, -0.2) is 59.3 Å². The molecule has 1 saturated heterocycles. The highest BCUT2D eigenvalue weighted by atomic mass is 35.5. The van der Waals surface area contributed by atoms with Gasteiger partial charge in [0.2, 0.25) is 0 Å². The highest BCUT2D eigenvalue weighted by Gasteiger charge is 2.10. The van der Waals surface area contributed by atoms with E-state index in [0.29, 0.717) is 17.3 Å². The van der Waals surface area contributed by atoms with Gasteiger partial charge in [0.05, 0.1) is 23.8 Å². The van der Waals surface area contributed by atoms with Crippen LogP contribution >= 0.6 is 11.6 Å². The van der Waals surface area contributed by atoms with E-state index in [1.54, 1.807) is 6.20 Å². The first-order valence-electron chi connectivity index (χ1n) is 8.32. The van der Waals surface area contributed by atoms with Crippen molar-refractivity contribution in [1.82, 2.24) is 19.9 Å². The average Bonchev–Trinajstić information content (AvgIpc) is 3.06. The Bertz CT molecular complexity index is 844. The Morgan fingerprint density at radius 2 is 2.00 bits per heavy atom. The lowest BCUT2D eigenvalue weighted by molar-refractivity contribution is 0.0322. The minimum absolute atomic E-state index is 0.590. The molecule has 0 amide bonds. The number of nitrogens with one attached hydrogen (secondary N) is 1. The maximum Gasteiger partial charge on any atom is 0.178 e. The number of ether oxygens (including phenoxy) is 2. The van der Waals surface area contributed by atoms with Crippen molar-refractivity contribution in [3.05, 3.63) is 41.6 Å². The number of H-pyrrole nitrogens is 1. The number of nitrogens with zero attached hydrogens (tertiary/aromatic N) is 3. The number of fused-ring (bicyclic) bond motifs is 1. The minimum atomic E-state index is 0.590. The molecule has 0 atom stereocenters. The predicted octanol–water partition coefficient (Wildman–Crippen LogP) is 2.99. The molecule has 1 N–H and O–H groups in total. The number of halogens is 1. The van der Waals surface area contributed by atoms with Gasteiger partial charge in [-0.3, -0.25) is 4.90 Å². The Morgan fingerprint density at radius 1 is 1.20 bits per heavy atom. The Balaban J connectivity index is 1.38. The number of morpholine rings is 1. The molecule has 6 nitrogen and oxygen atoms in total. The summed E-state index contributed by atoms with van der Waals surface area (Å²) in [6, 6.07) is 9.72. The fraction of sp³-hybridized carbons (Fsp3) is 0.333. The molecule has 0 unspecified atom stereocenters. The molecule has 4 rings (SSSR count). The van der Waals surface area contributed by atoms with Gasteiger partial charge in [0.15, 0.2) is 5.65 Å². The molecule has 2 aromatic heterocycles. The largest absolute Gasteiger partial charge is 0.492 e. The summed E-state index contributed by atoms with van der Waals surface area (Å²) in [6.07, 6.45) is 1.60. The topological polar surface area (TPSA) is 63.3 Å². The fourth-order valence-corrected chi connectivity index (χ4v) is 3.00. The molecule has 130 valence electrons. The summed E-state index contributed by atoms with van der Waals surface area (Å²) >= 11 is 5.96. The number of benzene rings is 1. The first kappa shape index (κ1) is 16.3. The number of imidazole rings is 1. The van der Waals surface area contributed by atoms with Crippen LogP contribution in [0.15, 0.2) is 36.5 Å². The first-order chi connectivity index (χ1) is 12.3. The molecule has 7 heteroatoms. The number of rotatable bonds is 5. The lowest BCUT2D eigenvalue weighted by Gasteiger charge is -2.26. The van der Waals surface area contributed by atoms with Crippen molar-refractivity contribution in [2.24, 2.45) is 0 Å². The van der Waals surface area contributed by atoms with Crippen molar-refractivity contribution >= 4 is 22.8 Å². The van der Waals surface area contributed by atoms with Gasteiger partial charge in [0.1, 0.15) is 18.2 Å². The van der Waals surface area contributed by atoms with Crippen molar-refractivity contribution in [3.8, 4) is 17.1 Å². The zero-order valence-electron chi connectivity index (χ0n) is 13.7. The Labute approximate surface area is 150 Å². The second-order valence-corrected chi connectivity index (χ2v) is 6.37. The van der Waals surface area contributed by atoms with Gasteiger partial charge in [-0.1, -0.05) is 11.6 Å². The molecule has 1 aliphatic rings. The third-order valence-electron chi connectivity index (χ3n) is 4.21. The molecule has 1 fully saturated rings. The van der Waals surface area contributed by atoms with E-state index < -0.39 is 0 Å². The summed E-state index contributed by atoms with van der Waals surface area (Å²) in [5.74, 6) is 1.62. The van der Waals surface area contributed by atoms with E-state index in [-0.39, 0.29) is 0 Å². The molecule has 0 saturated carbocycles. The van der Waals surface area contributed by atoms with E-state index in [4.69, 9.17) is 21.1 Å². The molecular formula is C18H19ClN4O2. The Hall–Kier alpha value is -2.15. The summed E-state index contributed by atoms with van der Waals surface area (Å²) in [7, 11) is 0. The van der Waals surface area contributed by atoms with E-state index in [1.807, 2.05) is 30.3 Å². The van der Waals surface area contributed by atoms with Crippen LogP contribution in [-0.2, 0) is 4.74 Å². The van der Waals surface area contributed by atoms with Gasteiger partial charge < -0.3 is 14.5 Å². The van der Waals surface area contributed by atoms with Crippen LogP contribution in [0.4, 0.5) is 0 Å². The Kier molecular flexibility index (Phi) is 4.83. The maximum atomic E-state index is 5.96. The third kappa shape index (κ3) is 3.92. The van der Waals surface area contributed by atoms with Crippen molar-refractivity contribution in [1.29, 1.82) is 0 Å². The van der Waals surface area contributed by atoms with E-state index >= 15 is 0 Å². The zero-order chi connectivity index (χ0) is 17.1. The standard InChI is InChI=1S/C18H19ClN4O2/c19-14-11-16-18(20-12-14)22-17(21-16)13-1-3-15(4-2-13)25-10-7-23-5-8-24-9-6-23/h1-4,11-12H,5-10H2,(H,20,21,22). The van der Waals surface area contributed by atoms with E-state index in [2.05, 4.69) is 19.9 Å². The lowest BCUT2D eigenvalue weighted by Crippen LogP contribution is -2.38. The maximum absolute atomic E-state index is 5.96. The third-order valence-corrected chi connectivity index (χ3v) is 4.42. The average molecular weight is 359 g/mol. The van der Waals surface area contributed by atoms with Crippen LogP contribution in [0.1, 0.15) is 0 Å². The van der Waals surface area contributed by atoms with Crippen LogP contribution in [0, 0.1) is 0 Å². The quantitative estimate of drug-likeness (QED) is 0.759. The number of pyridine rings is 1. The van der Waals surface area contributed by atoms with Gasteiger partial charge >= 0.3 is 0 Å². The smallest absolute Gasteiger partial charge is 0.178 e. The highest BCUT2D eigenvalue weighted by Crippen LogP contribution is 2.23. The van der Waals surface area contributed by atoms with Crippen LogP contribution < -0.4 is 4.74 Å². The predicted molar refractivity (Wildman–Crippen MR) is 97.1 cm³/mol. The molecular weight excluding hydrogens is 340 g/mol. The molecule has 3 heterocycles. The monoisotopic (exact) mass is 358 g/mol. The van der Waals surface area contributed by atoms with Gasteiger partial charge in [-0.2, -0.15) is 0 Å². The van der Waals surface area contributed by atoms with Crippen molar-refractivity contribution in [2.45, 2.75) is 0 Å². The lowest BCUT2D eigenvalue weighted by atomic mass is 10.2. The van der Waals surface area contributed by atoms with Crippen molar-refractivity contribution in [2.75, 3.05) is 39.5 Å². The van der Waals surface area contributed by atoms with E-state index in [9.17, 15) is 0 Å².